The number of hydrogen-bond acceptors (Lipinski definition) is 3. The smallest absolute Gasteiger partial charge is 0.227 e. The average Bonchev–Trinajstić information content (AvgIpc) is 3.51. The minimum absolute atomic E-state index is 0.0334. The van der Waals surface area contributed by atoms with Gasteiger partial charge in [-0.05, 0) is 44.2 Å². The fourth-order valence-electron chi connectivity index (χ4n) is 3.26. The van der Waals surface area contributed by atoms with Crippen LogP contribution < -0.4 is 10.6 Å². The molecule has 1 heterocycles. The summed E-state index contributed by atoms with van der Waals surface area (Å²) in [5, 5.41) is 5.83. The van der Waals surface area contributed by atoms with E-state index in [-0.39, 0.29) is 29.6 Å². The lowest BCUT2D eigenvalue weighted by Gasteiger charge is -2.31. The van der Waals surface area contributed by atoms with Crippen molar-refractivity contribution in [2.75, 3.05) is 25.0 Å². The van der Waals surface area contributed by atoms with Crippen molar-refractivity contribution in [3.05, 3.63) is 30.3 Å². The maximum Gasteiger partial charge on any atom is 0.227 e. The molecule has 1 aromatic rings. The Bertz CT molecular complexity index is 635. The fourth-order valence-corrected chi connectivity index (χ4v) is 3.26. The molecule has 6 heteroatoms. The van der Waals surface area contributed by atoms with Crippen molar-refractivity contribution < 1.29 is 14.4 Å². The zero-order valence-electron chi connectivity index (χ0n) is 15.1. The third-order valence-electron chi connectivity index (χ3n) is 5.07. The maximum atomic E-state index is 12.3. The summed E-state index contributed by atoms with van der Waals surface area (Å²) in [6.45, 7) is 1.82. The Hall–Kier alpha value is -2.37. The zero-order chi connectivity index (χ0) is 18.4. The molecule has 140 valence electrons. The summed E-state index contributed by atoms with van der Waals surface area (Å²) in [5.74, 6) is 0.449. The molecule has 0 radical (unpaired) electrons. The highest BCUT2D eigenvalue weighted by molar-refractivity contribution is 5.92. The Morgan fingerprint density at radius 1 is 0.923 bits per heavy atom. The van der Waals surface area contributed by atoms with Crippen LogP contribution in [0.5, 0.6) is 0 Å². The summed E-state index contributed by atoms with van der Waals surface area (Å²) in [6, 6.07) is 9.45. The number of carbonyl (C=O) groups is 3. The molecule has 1 aliphatic carbocycles. The monoisotopic (exact) mass is 357 g/mol. The van der Waals surface area contributed by atoms with E-state index in [1.807, 2.05) is 35.2 Å². The van der Waals surface area contributed by atoms with Gasteiger partial charge in [-0.2, -0.15) is 0 Å². The van der Waals surface area contributed by atoms with E-state index in [0.29, 0.717) is 45.3 Å². The zero-order valence-corrected chi connectivity index (χ0v) is 15.1. The van der Waals surface area contributed by atoms with Gasteiger partial charge in [0.15, 0.2) is 0 Å². The van der Waals surface area contributed by atoms with Crippen molar-refractivity contribution in [2.45, 2.75) is 38.5 Å². The van der Waals surface area contributed by atoms with Gasteiger partial charge < -0.3 is 15.5 Å². The first-order valence-electron chi connectivity index (χ1n) is 9.55. The van der Waals surface area contributed by atoms with E-state index in [2.05, 4.69) is 10.6 Å². The van der Waals surface area contributed by atoms with Crippen LogP contribution in [0.1, 0.15) is 38.5 Å². The van der Waals surface area contributed by atoms with Crippen LogP contribution in [0, 0.1) is 11.8 Å². The Labute approximate surface area is 154 Å². The third kappa shape index (κ3) is 5.31. The van der Waals surface area contributed by atoms with E-state index >= 15 is 0 Å². The lowest BCUT2D eigenvalue weighted by molar-refractivity contribution is -0.134. The Balaban J connectivity index is 1.32. The van der Waals surface area contributed by atoms with E-state index in [4.69, 9.17) is 0 Å². The molecule has 2 fully saturated rings. The molecule has 3 amide bonds. The first-order valence-corrected chi connectivity index (χ1v) is 9.55. The van der Waals surface area contributed by atoms with Gasteiger partial charge in [-0.3, -0.25) is 14.4 Å². The van der Waals surface area contributed by atoms with Crippen LogP contribution >= 0.6 is 0 Å². The van der Waals surface area contributed by atoms with Crippen LogP contribution in [0.3, 0.4) is 0 Å². The van der Waals surface area contributed by atoms with Gasteiger partial charge in [0.25, 0.3) is 0 Å². The minimum atomic E-state index is -0.0444. The molecule has 0 atom stereocenters. The molecule has 0 bridgehead atoms. The first-order chi connectivity index (χ1) is 12.6. The van der Waals surface area contributed by atoms with Crippen LogP contribution in [-0.2, 0) is 14.4 Å². The SMILES string of the molecule is O=C(NCCCC(=O)N1CCC(C(=O)Nc2ccccc2)CC1)C1CC1. The van der Waals surface area contributed by atoms with Gasteiger partial charge in [0.1, 0.15) is 0 Å². The molecule has 2 aliphatic rings. The highest BCUT2D eigenvalue weighted by atomic mass is 16.2. The van der Waals surface area contributed by atoms with E-state index < -0.39 is 0 Å². The Morgan fingerprint density at radius 2 is 1.58 bits per heavy atom. The number of nitrogens with one attached hydrogen (secondary N) is 2. The number of nitrogens with zero attached hydrogens (tertiary/aromatic N) is 1. The van der Waals surface area contributed by atoms with Gasteiger partial charge in [-0.1, -0.05) is 18.2 Å². The largest absolute Gasteiger partial charge is 0.356 e. The van der Waals surface area contributed by atoms with E-state index in [9.17, 15) is 14.4 Å². The Morgan fingerprint density at radius 3 is 2.23 bits per heavy atom. The highest BCUT2D eigenvalue weighted by Crippen LogP contribution is 2.28. The number of piperidine rings is 1. The number of rotatable bonds is 7. The second-order valence-corrected chi connectivity index (χ2v) is 7.18. The number of likely N-dealkylation sites (tertiary alicyclic amines) is 1. The molecule has 0 unspecified atom stereocenters. The fraction of sp³-hybridized carbons (Fsp3) is 0.550. The summed E-state index contributed by atoms with van der Waals surface area (Å²) in [6.07, 6.45) is 4.51. The number of hydrogen-bond donors (Lipinski definition) is 2. The summed E-state index contributed by atoms with van der Waals surface area (Å²) in [5.41, 5.74) is 0.809. The molecule has 2 N–H and O–H groups in total. The van der Waals surface area contributed by atoms with Gasteiger partial charge in [0.2, 0.25) is 17.7 Å². The molecule has 1 aliphatic heterocycles. The second-order valence-electron chi connectivity index (χ2n) is 7.18. The van der Waals surface area contributed by atoms with E-state index in [1.165, 1.54) is 0 Å². The Kier molecular flexibility index (Phi) is 6.26. The van der Waals surface area contributed by atoms with E-state index in [0.717, 1.165) is 18.5 Å². The van der Waals surface area contributed by atoms with Crippen molar-refractivity contribution in [2.24, 2.45) is 11.8 Å². The highest BCUT2D eigenvalue weighted by Gasteiger charge is 2.29. The van der Waals surface area contributed by atoms with Gasteiger partial charge in [0.05, 0.1) is 0 Å². The van der Waals surface area contributed by atoms with Crippen molar-refractivity contribution in [1.82, 2.24) is 10.2 Å². The average molecular weight is 357 g/mol. The van der Waals surface area contributed by atoms with Gasteiger partial charge in [-0.15, -0.1) is 0 Å². The number of anilines is 1. The molecule has 6 nitrogen and oxygen atoms in total. The molecule has 3 rings (SSSR count). The predicted molar refractivity (Wildman–Crippen MR) is 99.3 cm³/mol. The topological polar surface area (TPSA) is 78.5 Å². The van der Waals surface area contributed by atoms with Crippen molar-refractivity contribution in [3.63, 3.8) is 0 Å². The van der Waals surface area contributed by atoms with Crippen molar-refractivity contribution in [3.8, 4) is 0 Å². The summed E-state index contributed by atoms with van der Waals surface area (Å²) < 4.78 is 0. The maximum absolute atomic E-state index is 12.3. The van der Waals surface area contributed by atoms with Crippen LogP contribution in [0.25, 0.3) is 0 Å². The summed E-state index contributed by atoms with van der Waals surface area (Å²) in [4.78, 5) is 38.0. The quantitative estimate of drug-likeness (QED) is 0.734. The standard InChI is InChI=1S/C20H27N3O3/c24-18(7-4-12-21-19(25)15-8-9-15)23-13-10-16(11-14-23)20(26)22-17-5-2-1-3-6-17/h1-3,5-6,15-16H,4,7-14H2,(H,21,25)(H,22,26). The van der Waals surface area contributed by atoms with Gasteiger partial charge in [0, 0.05) is 43.6 Å². The lowest BCUT2D eigenvalue weighted by Crippen LogP contribution is -2.41. The number of carbonyl (C=O) groups excluding carboxylic acids is 3. The first kappa shape index (κ1) is 18.4. The molecule has 1 saturated heterocycles. The van der Waals surface area contributed by atoms with Crippen LogP contribution in [0.15, 0.2) is 30.3 Å². The summed E-state index contributed by atoms with van der Waals surface area (Å²) >= 11 is 0. The molecule has 1 saturated carbocycles. The molecule has 26 heavy (non-hydrogen) atoms. The summed E-state index contributed by atoms with van der Waals surface area (Å²) in [7, 11) is 0. The van der Waals surface area contributed by atoms with Crippen LogP contribution in [-0.4, -0.2) is 42.3 Å². The predicted octanol–water partition coefficient (Wildman–Crippen LogP) is 2.17. The molecule has 1 aromatic carbocycles. The van der Waals surface area contributed by atoms with Crippen molar-refractivity contribution in [1.29, 1.82) is 0 Å². The molecular weight excluding hydrogens is 330 g/mol. The van der Waals surface area contributed by atoms with Gasteiger partial charge >= 0.3 is 0 Å². The lowest BCUT2D eigenvalue weighted by atomic mass is 9.95. The van der Waals surface area contributed by atoms with E-state index in [1.54, 1.807) is 0 Å². The van der Waals surface area contributed by atoms with Crippen LogP contribution in [0.2, 0.25) is 0 Å². The number of amides is 3. The number of para-hydroxylation sites is 1. The second kappa shape index (κ2) is 8.83. The normalized spacial score (nSPS) is 17.6. The minimum Gasteiger partial charge on any atom is -0.356 e. The molecule has 0 aromatic heterocycles. The van der Waals surface area contributed by atoms with Crippen molar-refractivity contribution >= 4 is 23.4 Å². The van der Waals surface area contributed by atoms with Crippen LogP contribution in [0.4, 0.5) is 5.69 Å². The number of benzene rings is 1. The molecule has 0 spiro atoms. The molecular formula is C20H27N3O3. The van der Waals surface area contributed by atoms with Gasteiger partial charge in [-0.25, -0.2) is 0 Å². The third-order valence-corrected chi connectivity index (χ3v) is 5.07.